The zero-order valence-electron chi connectivity index (χ0n) is 17.6. The van der Waals surface area contributed by atoms with Gasteiger partial charge in [0.05, 0.1) is 17.5 Å². The van der Waals surface area contributed by atoms with Crippen molar-refractivity contribution in [2.75, 3.05) is 13.1 Å². The summed E-state index contributed by atoms with van der Waals surface area (Å²) in [7, 11) is -3.65. The molecule has 2 unspecified atom stereocenters. The number of hydrogen-bond acceptors (Lipinski definition) is 4. The number of carbonyl (C=O) groups excluding carboxylic acids is 1. The molecule has 2 aromatic rings. The van der Waals surface area contributed by atoms with Gasteiger partial charge in [-0.25, -0.2) is 8.42 Å². The van der Waals surface area contributed by atoms with Gasteiger partial charge in [0.15, 0.2) is 0 Å². The molecule has 2 fully saturated rings. The van der Waals surface area contributed by atoms with Crippen molar-refractivity contribution in [3.8, 4) is 0 Å². The number of hydrogen-bond donors (Lipinski definition) is 0. The molecule has 2 heterocycles. The van der Waals surface area contributed by atoms with Gasteiger partial charge in [0, 0.05) is 19.1 Å². The van der Waals surface area contributed by atoms with E-state index in [9.17, 15) is 26.4 Å². The zero-order valence-corrected chi connectivity index (χ0v) is 19.2. The highest BCUT2D eigenvalue weighted by atomic mass is 32.2. The molecule has 1 aromatic carbocycles. The van der Waals surface area contributed by atoms with Gasteiger partial charge in [-0.1, -0.05) is 18.2 Å². The molecule has 2 aliphatic rings. The van der Waals surface area contributed by atoms with Crippen molar-refractivity contribution in [2.45, 2.75) is 55.1 Å². The van der Waals surface area contributed by atoms with Crippen molar-refractivity contribution < 1.29 is 26.4 Å². The van der Waals surface area contributed by atoms with Crippen molar-refractivity contribution >= 4 is 27.3 Å². The molecule has 32 heavy (non-hydrogen) atoms. The highest BCUT2D eigenvalue weighted by molar-refractivity contribution is 7.91. The van der Waals surface area contributed by atoms with Crippen LogP contribution in [-0.4, -0.2) is 42.7 Å². The summed E-state index contributed by atoms with van der Waals surface area (Å²) in [6, 6.07) is 7.78. The summed E-state index contributed by atoms with van der Waals surface area (Å²) in [5, 5.41) is 1.70. The van der Waals surface area contributed by atoms with E-state index >= 15 is 0 Å². The predicted molar refractivity (Wildman–Crippen MR) is 116 cm³/mol. The number of sulfonamides is 1. The first-order valence-electron chi connectivity index (χ1n) is 10.6. The maximum atomic E-state index is 13.5. The van der Waals surface area contributed by atoms with Gasteiger partial charge in [-0.3, -0.25) is 4.79 Å². The molecule has 1 amide bonds. The topological polar surface area (TPSA) is 57.7 Å². The van der Waals surface area contributed by atoms with E-state index in [1.165, 1.54) is 10.4 Å². The van der Waals surface area contributed by atoms with E-state index in [1.54, 1.807) is 35.4 Å². The highest BCUT2D eigenvalue weighted by Gasteiger charge is 2.42. The normalized spacial score (nSPS) is 21.3. The standard InChI is InChI=1S/C22H25F3N2O3S2/c1-15(16-5-2-7-18(13-16)22(23,24)25)27(19-9-10-19)21(28)17-6-3-11-26(14-17)32(29,30)20-8-4-12-31-20/h2,4-5,7-8,12-13,15,17,19H,3,6,9-11,14H2,1H3. The lowest BCUT2D eigenvalue weighted by atomic mass is 9.95. The Balaban J connectivity index is 1.55. The first kappa shape index (κ1) is 23.3. The van der Waals surface area contributed by atoms with Crippen LogP contribution in [0.3, 0.4) is 0 Å². The highest BCUT2D eigenvalue weighted by Crippen LogP contribution is 2.39. The van der Waals surface area contributed by atoms with Crippen LogP contribution in [0, 0.1) is 5.92 Å². The van der Waals surface area contributed by atoms with Crippen LogP contribution in [0.5, 0.6) is 0 Å². The third-order valence-corrected chi connectivity index (χ3v) is 9.37. The molecule has 5 nitrogen and oxygen atoms in total. The molecule has 4 rings (SSSR count). The molecule has 174 valence electrons. The Bertz CT molecular complexity index is 1070. The molecule has 1 aromatic heterocycles. The minimum absolute atomic E-state index is 0.0173. The molecule has 10 heteroatoms. The van der Waals surface area contributed by atoms with Crippen LogP contribution < -0.4 is 0 Å². The van der Waals surface area contributed by atoms with Crippen LogP contribution >= 0.6 is 11.3 Å². The first-order chi connectivity index (χ1) is 15.1. The average molecular weight is 487 g/mol. The molecule has 1 aliphatic carbocycles. The fraction of sp³-hybridized carbons (Fsp3) is 0.500. The lowest BCUT2D eigenvalue weighted by Crippen LogP contribution is -2.47. The van der Waals surface area contributed by atoms with Gasteiger partial charge in [0.25, 0.3) is 10.0 Å². The number of benzene rings is 1. The van der Waals surface area contributed by atoms with Crippen molar-refractivity contribution in [1.82, 2.24) is 9.21 Å². The molecule has 0 bridgehead atoms. The molecule has 1 saturated heterocycles. The SMILES string of the molecule is CC(c1cccc(C(F)(F)F)c1)N(C(=O)C1CCCN(S(=O)(=O)c2cccs2)C1)C1CC1. The minimum atomic E-state index is -4.45. The predicted octanol–water partition coefficient (Wildman–Crippen LogP) is 4.92. The Morgan fingerprint density at radius 2 is 1.94 bits per heavy atom. The maximum Gasteiger partial charge on any atom is 0.416 e. The van der Waals surface area contributed by atoms with Gasteiger partial charge in [0.1, 0.15) is 4.21 Å². The van der Waals surface area contributed by atoms with E-state index < -0.39 is 33.7 Å². The summed E-state index contributed by atoms with van der Waals surface area (Å²) in [5.74, 6) is -0.684. The van der Waals surface area contributed by atoms with Crippen LogP contribution in [0.4, 0.5) is 13.2 Å². The monoisotopic (exact) mass is 486 g/mol. The van der Waals surface area contributed by atoms with Crippen LogP contribution in [0.1, 0.15) is 49.8 Å². The minimum Gasteiger partial charge on any atom is -0.333 e. The number of carbonyl (C=O) groups is 1. The molecule has 2 atom stereocenters. The fourth-order valence-electron chi connectivity index (χ4n) is 4.29. The first-order valence-corrected chi connectivity index (χ1v) is 12.9. The lowest BCUT2D eigenvalue weighted by Gasteiger charge is -2.37. The maximum absolute atomic E-state index is 13.5. The quantitative estimate of drug-likeness (QED) is 0.583. The molecular formula is C22H25F3N2O3S2. The van der Waals surface area contributed by atoms with E-state index in [0.29, 0.717) is 24.9 Å². The van der Waals surface area contributed by atoms with Crippen LogP contribution in [0.2, 0.25) is 0 Å². The van der Waals surface area contributed by atoms with E-state index in [-0.39, 0.29) is 22.7 Å². The van der Waals surface area contributed by atoms with Crippen molar-refractivity contribution in [1.29, 1.82) is 0 Å². The molecule has 0 radical (unpaired) electrons. The van der Waals surface area contributed by atoms with Crippen LogP contribution in [0.25, 0.3) is 0 Å². The van der Waals surface area contributed by atoms with E-state index in [2.05, 4.69) is 0 Å². The van der Waals surface area contributed by atoms with Gasteiger partial charge < -0.3 is 4.90 Å². The largest absolute Gasteiger partial charge is 0.416 e. The Morgan fingerprint density at radius 1 is 1.19 bits per heavy atom. The Labute approximate surface area is 189 Å². The van der Waals surface area contributed by atoms with Crippen molar-refractivity contribution in [3.05, 3.63) is 52.9 Å². The summed E-state index contributed by atoms with van der Waals surface area (Å²) in [6.07, 6.45) is -1.71. The fourth-order valence-corrected chi connectivity index (χ4v) is 6.95. The number of thiophene rings is 1. The number of amides is 1. The van der Waals surface area contributed by atoms with Crippen molar-refractivity contribution in [2.24, 2.45) is 5.92 Å². The molecule has 0 spiro atoms. The Kier molecular flexibility index (Phi) is 6.39. The molecular weight excluding hydrogens is 461 g/mol. The summed E-state index contributed by atoms with van der Waals surface area (Å²) in [5.41, 5.74) is -0.310. The second kappa shape index (κ2) is 8.79. The molecule has 1 saturated carbocycles. The summed E-state index contributed by atoms with van der Waals surface area (Å²) >= 11 is 1.14. The molecule has 0 N–H and O–H groups in total. The van der Waals surface area contributed by atoms with Gasteiger partial charge in [-0.15, -0.1) is 11.3 Å². The third-order valence-electron chi connectivity index (χ3n) is 6.13. The van der Waals surface area contributed by atoms with Crippen LogP contribution in [-0.2, 0) is 21.0 Å². The van der Waals surface area contributed by atoms with E-state index in [0.717, 1.165) is 36.3 Å². The summed E-state index contributed by atoms with van der Waals surface area (Å²) < 4.78 is 67.0. The zero-order chi connectivity index (χ0) is 23.1. The van der Waals surface area contributed by atoms with Gasteiger partial charge >= 0.3 is 6.18 Å². The van der Waals surface area contributed by atoms with E-state index in [4.69, 9.17) is 0 Å². The number of nitrogens with zero attached hydrogens (tertiary/aromatic N) is 2. The van der Waals surface area contributed by atoms with Gasteiger partial charge in [0.2, 0.25) is 5.91 Å². The van der Waals surface area contributed by atoms with Gasteiger partial charge in [-0.05, 0) is 61.7 Å². The number of rotatable bonds is 6. The second-order valence-corrected chi connectivity index (χ2v) is 11.5. The second-order valence-electron chi connectivity index (χ2n) is 8.41. The number of piperidine rings is 1. The smallest absolute Gasteiger partial charge is 0.333 e. The van der Waals surface area contributed by atoms with Crippen molar-refractivity contribution in [3.63, 3.8) is 0 Å². The average Bonchev–Trinajstić information content (AvgIpc) is 3.43. The third kappa shape index (κ3) is 4.72. The Hall–Kier alpha value is -1.91. The number of halogens is 3. The summed E-state index contributed by atoms with van der Waals surface area (Å²) in [4.78, 5) is 15.2. The van der Waals surface area contributed by atoms with Crippen LogP contribution in [0.15, 0.2) is 46.0 Å². The lowest BCUT2D eigenvalue weighted by molar-refractivity contribution is -0.139. The van der Waals surface area contributed by atoms with Gasteiger partial charge in [-0.2, -0.15) is 17.5 Å². The summed E-state index contributed by atoms with van der Waals surface area (Å²) in [6.45, 7) is 2.20. The molecule has 1 aliphatic heterocycles. The number of alkyl halides is 3. The Morgan fingerprint density at radius 3 is 2.56 bits per heavy atom. The van der Waals surface area contributed by atoms with E-state index in [1.807, 2.05) is 0 Å².